The van der Waals surface area contributed by atoms with Crippen molar-refractivity contribution in [3.8, 4) is 5.75 Å². The summed E-state index contributed by atoms with van der Waals surface area (Å²) >= 11 is 0. The average Bonchev–Trinajstić information content (AvgIpc) is 2.73. The van der Waals surface area contributed by atoms with E-state index >= 15 is 0 Å². The van der Waals surface area contributed by atoms with Crippen molar-refractivity contribution >= 4 is 24.2 Å². The molecule has 0 aliphatic carbocycles. The third-order valence-electron chi connectivity index (χ3n) is 4.98. The Hall–Kier alpha value is -2.57. The lowest BCUT2D eigenvalue weighted by atomic mass is 10.1. The summed E-state index contributed by atoms with van der Waals surface area (Å²) < 4.78 is 5.12. The summed E-state index contributed by atoms with van der Waals surface area (Å²) in [5.74, 6) is 0.790. The summed E-state index contributed by atoms with van der Waals surface area (Å²) in [7, 11) is 1.62. The third kappa shape index (κ3) is 6.21. The lowest BCUT2D eigenvalue weighted by Gasteiger charge is -2.34. The Morgan fingerprint density at radius 3 is 2.38 bits per heavy atom. The summed E-state index contributed by atoms with van der Waals surface area (Å²) in [6.45, 7) is 4.87. The van der Waals surface area contributed by atoms with Crippen molar-refractivity contribution in [2.24, 2.45) is 0 Å². The van der Waals surface area contributed by atoms with Crippen LogP contribution in [0.15, 0.2) is 48.5 Å². The SMILES string of the molecule is COc1ccc(CC(=O)NCc2ccc(C(=O)N3CCNC[C@H]3C)cc2)cc1.Cl. The van der Waals surface area contributed by atoms with Crippen molar-refractivity contribution in [2.45, 2.75) is 25.9 Å². The second-order valence-corrected chi connectivity index (χ2v) is 7.05. The van der Waals surface area contributed by atoms with Crippen LogP contribution in [-0.4, -0.2) is 49.5 Å². The maximum absolute atomic E-state index is 12.7. The Bertz CT molecular complexity index is 809. The number of halogens is 1. The highest BCUT2D eigenvalue weighted by atomic mass is 35.5. The Kier molecular flexibility index (Phi) is 8.49. The maximum atomic E-state index is 12.7. The standard InChI is InChI=1S/C22H27N3O3.ClH/c1-16-14-23-11-12-25(16)22(27)19-7-3-18(4-8-19)15-24-21(26)13-17-5-9-20(28-2)10-6-17;/h3-10,16,23H,11-15H2,1-2H3,(H,24,26);1H/t16-;/m1./s1. The molecule has 2 N–H and O–H groups in total. The first-order valence-corrected chi connectivity index (χ1v) is 9.57. The van der Waals surface area contributed by atoms with Gasteiger partial charge in [-0.15, -0.1) is 12.4 Å². The number of methoxy groups -OCH3 is 1. The summed E-state index contributed by atoms with van der Waals surface area (Å²) in [4.78, 5) is 26.7. The first-order valence-electron chi connectivity index (χ1n) is 9.57. The summed E-state index contributed by atoms with van der Waals surface area (Å²) in [6.07, 6.45) is 0.321. The molecule has 1 atom stereocenters. The number of benzene rings is 2. The molecule has 0 saturated carbocycles. The highest BCUT2D eigenvalue weighted by molar-refractivity contribution is 5.94. The van der Waals surface area contributed by atoms with E-state index in [4.69, 9.17) is 4.74 Å². The minimum atomic E-state index is -0.0417. The lowest BCUT2D eigenvalue weighted by Crippen LogP contribution is -2.52. The molecule has 1 aliphatic heterocycles. The molecular weight excluding hydrogens is 390 g/mol. The zero-order valence-corrected chi connectivity index (χ0v) is 17.6. The highest BCUT2D eigenvalue weighted by Crippen LogP contribution is 2.13. The van der Waals surface area contributed by atoms with Crippen molar-refractivity contribution in [1.29, 1.82) is 0 Å². The average molecular weight is 418 g/mol. The van der Waals surface area contributed by atoms with Gasteiger partial charge in [-0.25, -0.2) is 0 Å². The summed E-state index contributed by atoms with van der Waals surface area (Å²) in [6, 6.07) is 15.1. The number of hydrogen-bond acceptors (Lipinski definition) is 4. The minimum absolute atomic E-state index is 0. The van der Waals surface area contributed by atoms with Gasteiger partial charge in [-0.2, -0.15) is 0 Å². The van der Waals surface area contributed by atoms with Crippen LogP contribution in [0.1, 0.15) is 28.4 Å². The lowest BCUT2D eigenvalue weighted by molar-refractivity contribution is -0.120. The number of amides is 2. The molecule has 29 heavy (non-hydrogen) atoms. The normalized spacial score (nSPS) is 15.9. The second kappa shape index (κ2) is 10.8. The number of carbonyl (C=O) groups excluding carboxylic acids is 2. The van der Waals surface area contributed by atoms with E-state index in [0.29, 0.717) is 18.5 Å². The number of rotatable bonds is 6. The first-order chi connectivity index (χ1) is 13.6. The van der Waals surface area contributed by atoms with Gasteiger partial charge in [0, 0.05) is 37.8 Å². The molecule has 0 radical (unpaired) electrons. The van der Waals surface area contributed by atoms with E-state index < -0.39 is 0 Å². The van der Waals surface area contributed by atoms with Gasteiger partial charge in [0.25, 0.3) is 5.91 Å². The fraction of sp³-hybridized carbons (Fsp3) is 0.364. The molecule has 0 aromatic heterocycles. The molecule has 2 amide bonds. The molecule has 156 valence electrons. The van der Waals surface area contributed by atoms with Crippen LogP contribution in [0.4, 0.5) is 0 Å². The molecular formula is C22H28ClN3O3. The zero-order valence-electron chi connectivity index (χ0n) is 16.8. The number of piperazine rings is 1. The predicted octanol–water partition coefficient (Wildman–Crippen LogP) is 2.41. The molecule has 3 rings (SSSR count). The zero-order chi connectivity index (χ0) is 19.9. The van der Waals surface area contributed by atoms with E-state index in [1.165, 1.54) is 0 Å². The van der Waals surface area contributed by atoms with Crippen LogP contribution < -0.4 is 15.4 Å². The molecule has 0 spiro atoms. The highest BCUT2D eigenvalue weighted by Gasteiger charge is 2.23. The molecule has 6 nitrogen and oxygen atoms in total. The Morgan fingerprint density at radius 1 is 1.10 bits per heavy atom. The quantitative estimate of drug-likeness (QED) is 0.757. The summed E-state index contributed by atoms with van der Waals surface area (Å²) in [5, 5.41) is 6.21. The van der Waals surface area contributed by atoms with Crippen molar-refractivity contribution in [1.82, 2.24) is 15.5 Å². The van der Waals surface area contributed by atoms with Crippen LogP contribution >= 0.6 is 12.4 Å². The largest absolute Gasteiger partial charge is 0.497 e. The van der Waals surface area contributed by atoms with Gasteiger partial charge in [0.15, 0.2) is 0 Å². The number of carbonyl (C=O) groups is 2. The Morgan fingerprint density at radius 2 is 1.76 bits per heavy atom. The van der Waals surface area contributed by atoms with E-state index in [1.54, 1.807) is 7.11 Å². The molecule has 1 saturated heterocycles. The minimum Gasteiger partial charge on any atom is -0.497 e. The van der Waals surface area contributed by atoms with Gasteiger partial charge in [-0.3, -0.25) is 9.59 Å². The van der Waals surface area contributed by atoms with Crippen LogP contribution in [0, 0.1) is 0 Å². The number of ether oxygens (including phenoxy) is 1. The monoisotopic (exact) mass is 417 g/mol. The van der Waals surface area contributed by atoms with E-state index in [-0.39, 0.29) is 30.3 Å². The van der Waals surface area contributed by atoms with Gasteiger partial charge in [-0.05, 0) is 42.3 Å². The fourth-order valence-corrected chi connectivity index (χ4v) is 3.27. The van der Waals surface area contributed by atoms with Crippen molar-refractivity contribution in [2.75, 3.05) is 26.7 Å². The van der Waals surface area contributed by atoms with Gasteiger partial charge < -0.3 is 20.3 Å². The van der Waals surface area contributed by atoms with Crippen molar-refractivity contribution in [3.63, 3.8) is 0 Å². The van der Waals surface area contributed by atoms with Crippen molar-refractivity contribution < 1.29 is 14.3 Å². The third-order valence-corrected chi connectivity index (χ3v) is 4.98. The molecule has 0 bridgehead atoms. The van der Waals surface area contributed by atoms with E-state index in [0.717, 1.165) is 36.5 Å². The Labute approximate surface area is 178 Å². The van der Waals surface area contributed by atoms with Crippen LogP contribution in [0.5, 0.6) is 5.75 Å². The second-order valence-electron chi connectivity index (χ2n) is 7.05. The molecule has 1 aliphatic rings. The van der Waals surface area contributed by atoms with E-state index in [1.807, 2.05) is 53.4 Å². The van der Waals surface area contributed by atoms with Crippen LogP contribution in [-0.2, 0) is 17.8 Å². The van der Waals surface area contributed by atoms with Gasteiger partial charge in [0.2, 0.25) is 5.91 Å². The predicted molar refractivity (Wildman–Crippen MR) is 116 cm³/mol. The molecule has 1 fully saturated rings. The summed E-state index contributed by atoms with van der Waals surface area (Å²) in [5.41, 5.74) is 2.58. The smallest absolute Gasteiger partial charge is 0.254 e. The van der Waals surface area contributed by atoms with Crippen LogP contribution in [0.2, 0.25) is 0 Å². The number of nitrogens with zero attached hydrogens (tertiary/aromatic N) is 1. The molecule has 2 aromatic rings. The van der Waals surface area contributed by atoms with Crippen LogP contribution in [0.3, 0.4) is 0 Å². The van der Waals surface area contributed by atoms with Crippen molar-refractivity contribution in [3.05, 3.63) is 65.2 Å². The van der Waals surface area contributed by atoms with Gasteiger partial charge in [0.05, 0.1) is 13.5 Å². The topological polar surface area (TPSA) is 70.7 Å². The van der Waals surface area contributed by atoms with E-state index in [2.05, 4.69) is 17.6 Å². The Balaban J connectivity index is 0.00000300. The van der Waals surface area contributed by atoms with Gasteiger partial charge in [-0.1, -0.05) is 24.3 Å². The van der Waals surface area contributed by atoms with Gasteiger partial charge in [0.1, 0.15) is 5.75 Å². The number of hydrogen-bond donors (Lipinski definition) is 2. The first kappa shape index (κ1) is 22.7. The molecule has 0 unspecified atom stereocenters. The maximum Gasteiger partial charge on any atom is 0.254 e. The number of nitrogens with one attached hydrogen (secondary N) is 2. The molecule has 1 heterocycles. The van der Waals surface area contributed by atoms with Crippen LogP contribution in [0.25, 0.3) is 0 Å². The molecule has 7 heteroatoms. The van der Waals surface area contributed by atoms with Gasteiger partial charge >= 0.3 is 0 Å². The molecule has 2 aromatic carbocycles. The van der Waals surface area contributed by atoms with E-state index in [9.17, 15) is 9.59 Å². The fourth-order valence-electron chi connectivity index (χ4n) is 3.27.